The molecule has 0 aliphatic rings. The lowest BCUT2D eigenvalue weighted by atomic mass is 10.1. The number of nitrogens with zero attached hydrogens (tertiary/aromatic N) is 2. The summed E-state index contributed by atoms with van der Waals surface area (Å²) in [7, 11) is -3.70. The molecule has 2 amide bonds. The lowest BCUT2D eigenvalue weighted by Crippen LogP contribution is -2.51. The summed E-state index contributed by atoms with van der Waals surface area (Å²) in [5.74, 6) is -0.769. The molecule has 0 spiro atoms. The topological polar surface area (TPSA) is 86.8 Å². The van der Waals surface area contributed by atoms with Crippen LogP contribution in [0.5, 0.6) is 0 Å². The van der Waals surface area contributed by atoms with Gasteiger partial charge in [-0.1, -0.05) is 46.3 Å². The van der Waals surface area contributed by atoms with Gasteiger partial charge >= 0.3 is 0 Å². The van der Waals surface area contributed by atoms with Crippen molar-refractivity contribution >= 4 is 43.5 Å². The highest BCUT2D eigenvalue weighted by atomic mass is 79.9. The quantitative estimate of drug-likeness (QED) is 0.579. The number of nitrogens with one attached hydrogen (secondary N) is 1. The van der Waals surface area contributed by atoms with Crippen molar-refractivity contribution in [3.8, 4) is 0 Å². The van der Waals surface area contributed by atoms with E-state index in [1.165, 1.54) is 4.90 Å². The largest absolute Gasteiger partial charge is 0.355 e. The molecule has 0 fully saturated rings. The van der Waals surface area contributed by atoms with Crippen LogP contribution in [-0.4, -0.2) is 50.5 Å². The Morgan fingerprint density at radius 3 is 2.33 bits per heavy atom. The van der Waals surface area contributed by atoms with Crippen molar-refractivity contribution in [2.24, 2.45) is 0 Å². The van der Waals surface area contributed by atoms with Crippen molar-refractivity contribution in [2.45, 2.75) is 26.4 Å². The maximum absolute atomic E-state index is 13.2. The van der Waals surface area contributed by atoms with Crippen LogP contribution in [0.3, 0.4) is 0 Å². The predicted molar refractivity (Wildman–Crippen MR) is 121 cm³/mol. The maximum Gasteiger partial charge on any atom is 0.244 e. The minimum Gasteiger partial charge on any atom is -0.355 e. The zero-order chi connectivity index (χ0) is 22.3. The van der Waals surface area contributed by atoms with Gasteiger partial charge in [0.25, 0.3) is 0 Å². The molecule has 2 aromatic rings. The third-order valence-corrected chi connectivity index (χ3v) is 6.12. The highest BCUT2D eigenvalue weighted by Gasteiger charge is 2.29. The van der Waals surface area contributed by atoms with Gasteiger partial charge in [-0.05, 0) is 43.7 Å². The smallest absolute Gasteiger partial charge is 0.244 e. The number of likely N-dealkylation sites (N-methyl/N-ethyl adjacent to an activating group) is 1. The minimum atomic E-state index is -3.70. The van der Waals surface area contributed by atoms with Crippen molar-refractivity contribution in [2.75, 3.05) is 23.7 Å². The van der Waals surface area contributed by atoms with E-state index < -0.39 is 28.5 Å². The Labute approximate surface area is 186 Å². The lowest BCUT2D eigenvalue weighted by molar-refractivity contribution is -0.139. The van der Waals surface area contributed by atoms with Crippen LogP contribution in [0.15, 0.2) is 59.1 Å². The molecular weight excluding hydrogens is 470 g/mol. The number of rotatable bonds is 9. The second kappa shape index (κ2) is 10.6. The fourth-order valence-corrected chi connectivity index (χ4v) is 4.24. The van der Waals surface area contributed by atoms with Crippen molar-refractivity contribution in [1.82, 2.24) is 10.2 Å². The average molecular weight is 496 g/mol. The van der Waals surface area contributed by atoms with Crippen LogP contribution < -0.4 is 9.62 Å². The number of carbonyl (C=O) groups is 2. The molecule has 1 N–H and O–H groups in total. The van der Waals surface area contributed by atoms with E-state index in [0.29, 0.717) is 12.2 Å². The lowest BCUT2D eigenvalue weighted by Gasteiger charge is -2.31. The van der Waals surface area contributed by atoms with Crippen LogP contribution in [0.1, 0.15) is 19.4 Å². The number of sulfonamides is 1. The second-order valence-corrected chi connectivity index (χ2v) is 9.65. The fourth-order valence-electron chi connectivity index (χ4n) is 2.94. The van der Waals surface area contributed by atoms with Gasteiger partial charge in [0.15, 0.2) is 0 Å². The number of amides is 2. The summed E-state index contributed by atoms with van der Waals surface area (Å²) in [4.78, 5) is 27.1. The second-order valence-electron chi connectivity index (χ2n) is 6.83. The van der Waals surface area contributed by atoms with E-state index >= 15 is 0 Å². The number of anilines is 1. The molecule has 162 valence electrons. The van der Waals surface area contributed by atoms with Gasteiger partial charge < -0.3 is 10.2 Å². The predicted octanol–water partition coefficient (Wildman–Crippen LogP) is 2.77. The van der Waals surface area contributed by atoms with Crippen LogP contribution >= 0.6 is 15.9 Å². The van der Waals surface area contributed by atoms with Crippen molar-refractivity contribution in [3.63, 3.8) is 0 Å². The Bertz CT molecular complexity index is 983. The summed E-state index contributed by atoms with van der Waals surface area (Å²) in [6.07, 6.45) is 1.05. The zero-order valence-electron chi connectivity index (χ0n) is 17.2. The van der Waals surface area contributed by atoms with E-state index in [9.17, 15) is 18.0 Å². The summed E-state index contributed by atoms with van der Waals surface area (Å²) in [6.45, 7) is 3.63. The summed E-state index contributed by atoms with van der Waals surface area (Å²) in [5, 5.41) is 2.72. The Morgan fingerprint density at radius 2 is 1.77 bits per heavy atom. The number of benzene rings is 2. The van der Waals surface area contributed by atoms with Gasteiger partial charge in [0.2, 0.25) is 21.8 Å². The van der Waals surface area contributed by atoms with E-state index in [0.717, 1.165) is 20.6 Å². The van der Waals surface area contributed by atoms with Gasteiger partial charge in [0.05, 0.1) is 11.9 Å². The molecule has 0 heterocycles. The molecule has 30 heavy (non-hydrogen) atoms. The van der Waals surface area contributed by atoms with Gasteiger partial charge in [-0.3, -0.25) is 13.9 Å². The highest BCUT2D eigenvalue weighted by Crippen LogP contribution is 2.19. The minimum absolute atomic E-state index is 0.170. The Hall–Kier alpha value is -2.39. The molecule has 0 unspecified atom stereocenters. The molecule has 0 radical (unpaired) electrons. The van der Waals surface area contributed by atoms with Gasteiger partial charge in [0.1, 0.15) is 12.6 Å². The molecule has 7 nitrogen and oxygen atoms in total. The Morgan fingerprint density at radius 1 is 1.10 bits per heavy atom. The van der Waals surface area contributed by atoms with E-state index in [-0.39, 0.29) is 12.5 Å². The molecule has 0 aromatic heterocycles. The molecular formula is C21H26BrN3O4S. The standard InChI is InChI=1S/C21H26BrN3O4S/c1-4-23-21(27)16(2)24(14-17-9-8-10-18(22)13-17)20(26)15-25(30(3,28)29)19-11-6-5-7-12-19/h5-13,16H,4,14-15H2,1-3H3,(H,23,27)/t16-/m0/s1. The normalized spacial score (nSPS) is 12.1. The van der Waals surface area contributed by atoms with Crippen molar-refractivity contribution in [1.29, 1.82) is 0 Å². The van der Waals surface area contributed by atoms with Crippen LogP contribution in [0.2, 0.25) is 0 Å². The van der Waals surface area contributed by atoms with Gasteiger partial charge in [0, 0.05) is 17.6 Å². The molecule has 0 aliphatic heterocycles. The summed E-state index contributed by atoms with van der Waals surface area (Å²) in [6, 6.07) is 15.1. The highest BCUT2D eigenvalue weighted by molar-refractivity contribution is 9.10. The first-order chi connectivity index (χ1) is 14.1. The third-order valence-electron chi connectivity index (χ3n) is 4.48. The maximum atomic E-state index is 13.2. The molecule has 0 bridgehead atoms. The molecule has 1 atom stereocenters. The number of halogens is 1. The van der Waals surface area contributed by atoms with E-state index in [2.05, 4.69) is 21.2 Å². The zero-order valence-corrected chi connectivity index (χ0v) is 19.6. The molecule has 0 saturated heterocycles. The first kappa shape index (κ1) is 23.9. The number of hydrogen-bond acceptors (Lipinski definition) is 4. The van der Waals surface area contributed by atoms with Crippen LogP contribution in [0.4, 0.5) is 5.69 Å². The first-order valence-electron chi connectivity index (χ1n) is 9.48. The van der Waals surface area contributed by atoms with Gasteiger partial charge in [-0.25, -0.2) is 8.42 Å². The van der Waals surface area contributed by atoms with Gasteiger partial charge in [-0.2, -0.15) is 0 Å². The molecule has 2 rings (SSSR count). The molecule has 2 aromatic carbocycles. The van der Waals surface area contributed by atoms with E-state index in [1.54, 1.807) is 44.2 Å². The van der Waals surface area contributed by atoms with Crippen LogP contribution in [-0.2, 0) is 26.2 Å². The summed E-state index contributed by atoms with van der Waals surface area (Å²) >= 11 is 3.41. The summed E-state index contributed by atoms with van der Waals surface area (Å²) < 4.78 is 26.6. The SMILES string of the molecule is CCNC(=O)[C@H](C)N(Cc1cccc(Br)c1)C(=O)CN(c1ccccc1)S(C)(=O)=O. The number of carbonyl (C=O) groups excluding carboxylic acids is 2. The van der Waals surface area contributed by atoms with Crippen molar-refractivity contribution < 1.29 is 18.0 Å². The Balaban J connectivity index is 2.35. The van der Waals surface area contributed by atoms with E-state index in [1.807, 2.05) is 24.3 Å². The summed E-state index contributed by atoms with van der Waals surface area (Å²) in [5.41, 5.74) is 1.21. The van der Waals surface area contributed by atoms with Crippen LogP contribution in [0.25, 0.3) is 0 Å². The third kappa shape index (κ3) is 6.56. The average Bonchev–Trinajstić information content (AvgIpc) is 2.69. The number of para-hydroxylation sites is 1. The first-order valence-corrected chi connectivity index (χ1v) is 12.1. The Kier molecular flexibility index (Phi) is 8.43. The molecule has 0 saturated carbocycles. The van der Waals surface area contributed by atoms with Crippen molar-refractivity contribution in [3.05, 3.63) is 64.6 Å². The monoisotopic (exact) mass is 495 g/mol. The van der Waals surface area contributed by atoms with Gasteiger partial charge in [-0.15, -0.1) is 0 Å². The molecule has 9 heteroatoms. The fraction of sp³-hybridized carbons (Fsp3) is 0.333. The molecule has 0 aliphatic carbocycles. The number of hydrogen-bond donors (Lipinski definition) is 1. The van der Waals surface area contributed by atoms with Crippen LogP contribution in [0, 0.1) is 0 Å². The van der Waals surface area contributed by atoms with E-state index in [4.69, 9.17) is 0 Å².